The molecule has 0 amide bonds. The Labute approximate surface area is 54.7 Å². The lowest BCUT2D eigenvalue weighted by Crippen LogP contribution is -2.50. The summed E-state index contributed by atoms with van der Waals surface area (Å²) in [7, 11) is 0. The summed E-state index contributed by atoms with van der Waals surface area (Å²) in [4.78, 5) is 0. The van der Waals surface area contributed by atoms with Crippen molar-refractivity contribution >= 4 is 0 Å². The summed E-state index contributed by atoms with van der Waals surface area (Å²) in [6, 6.07) is 1.12. The largest absolute Gasteiger partial charge is 0.378 e. The first-order valence-electron chi connectivity index (χ1n) is 3.54. The van der Waals surface area contributed by atoms with Gasteiger partial charge in [0.15, 0.2) is 0 Å². The minimum atomic E-state index is 0.559. The van der Waals surface area contributed by atoms with Crippen LogP contribution in [-0.2, 0) is 4.74 Å². The van der Waals surface area contributed by atoms with Gasteiger partial charge in [-0.25, -0.2) is 0 Å². The van der Waals surface area contributed by atoms with Gasteiger partial charge in [0, 0.05) is 12.1 Å². The molecule has 3 heterocycles. The zero-order chi connectivity index (χ0) is 6.10. The molecule has 2 N–H and O–H groups in total. The average molecular weight is 128 g/mol. The minimum Gasteiger partial charge on any atom is -0.378 e. The molecule has 2 unspecified atom stereocenters. The number of ether oxygens (including phenoxy) is 1. The standard InChI is InChI=1S/C6H12N2O/c1-2-6-4-9-3-5(1)7-8-6/h5-8H,1-4H2. The predicted octanol–water partition coefficient (Wildman–Crippen LogP) is -0.358. The van der Waals surface area contributed by atoms with Gasteiger partial charge in [0.1, 0.15) is 0 Å². The number of rotatable bonds is 0. The Balaban J connectivity index is 2.03. The molecule has 0 spiro atoms. The SMILES string of the molecule is C1CC2COCC1NN2. The fourth-order valence-corrected chi connectivity index (χ4v) is 1.38. The van der Waals surface area contributed by atoms with E-state index in [-0.39, 0.29) is 0 Å². The fourth-order valence-electron chi connectivity index (χ4n) is 1.38. The van der Waals surface area contributed by atoms with E-state index >= 15 is 0 Å². The van der Waals surface area contributed by atoms with Crippen LogP contribution in [0.1, 0.15) is 12.8 Å². The molecule has 0 aromatic heterocycles. The molecule has 0 aromatic carbocycles. The average Bonchev–Trinajstić information content (AvgIpc) is 2.21. The molecule has 9 heavy (non-hydrogen) atoms. The third kappa shape index (κ3) is 1.08. The van der Waals surface area contributed by atoms with Crippen molar-refractivity contribution in [2.75, 3.05) is 13.2 Å². The van der Waals surface area contributed by atoms with Crippen LogP contribution in [0.15, 0.2) is 0 Å². The molecule has 0 aromatic rings. The molecular weight excluding hydrogens is 116 g/mol. The summed E-state index contributed by atoms with van der Waals surface area (Å²) < 4.78 is 5.36. The van der Waals surface area contributed by atoms with E-state index in [1.54, 1.807) is 0 Å². The highest BCUT2D eigenvalue weighted by Crippen LogP contribution is 2.11. The maximum atomic E-state index is 5.36. The van der Waals surface area contributed by atoms with Crippen LogP contribution in [0.25, 0.3) is 0 Å². The summed E-state index contributed by atoms with van der Waals surface area (Å²) in [5.74, 6) is 0. The van der Waals surface area contributed by atoms with Gasteiger partial charge in [0.05, 0.1) is 13.2 Å². The smallest absolute Gasteiger partial charge is 0.0634 e. The van der Waals surface area contributed by atoms with Gasteiger partial charge in [-0.3, -0.25) is 10.9 Å². The first-order chi connectivity index (χ1) is 4.45. The lowest BCUT2D eigenvalue weighted by molar-refractivity contribution is 0.137. The first kappa shape index (κ1) is 5.65. The molecule has 0 radical (unpaired) electrons. The lowest BCUT2D eigenvalue weighted by Gasteiger charge is -2.24. The molecule has 0 aliphatic carbocycles. The fraction of sp³-hybridized carbons (Fsp3) is 1.00. The van der Waals surface area contributed by atoms with Crippen molar-refractivity contribution in [2.24, 2.45) is 0 Å². The van der Waals surface area contributed by atoms with Crippen LogP contribution < -0.4 is 10.9 Å². The van der Waals surface area contributed by atoms with Crippen molar-refractivity contribution in [3.8, 4) is 0 Å². The van der Waals surface area contributed by atoms with E-state index < -0.39 is 0 Å². The number of nitrogens with one attached hydrogen (secondary N) is 2. The molecular formula is C6H12N2O. The van der Waals surface area contributed by atoms with Crippen molar-refractivity contribution in [3.05, 3.63) is 0 Å². The van der Waals surface area contributed by atoms with E-state index in [1.807, 2.05) is 0 Å². The molecule has 52 valence electrons. The van der Waals surface area contributed by atoms with Gasteiger partial charge in [0.25, 0.3) is 0 Å². The molecule has 2 bridgehead atoms. The second-order valence-corrected chi connectivity index (χ2v) is 2.80. The van der Waals surface area contributed by atoms with Crippen molar-refractivity contribution in [1.82, 2.24) is 10.9 Å². The quantitative estimate of drug-likeness (QED) is 0.467. The zero-order valence-corrected chi connectivity index (χ0v) is 5.39. The van der Waals surface area contributed by atoms with E-state index in [9.17, 15) is 0 Å². The van der Waals surface area contributed by atoms with Crippen molar-refractivity contribution in [2.45, 2.75) is 24.9 Å². The first-order valence-corrected chi connectivity index (χ1v) is 3.54. The molecule has 3 heteroatoms. The van der Waals surface area contributed by atoms with E-state index in [4.69, 9.17) is 4.74 Å². The Bertz CT molecular complexity index is 81.7. The molecule has 0 saturated carbocycles. The second kappa shape index (κ2) is 2.25. The second-order valence-electron chi connectivity index (χ2n) is 2.80. The molecule has 3 saturated heterocycles. The highest BCUT2D eigenvalue weighted by atomic mass is 16.5. The van der Waals surface area contributed by atoms with Gasteiger partial charge in [-0.05, 0) is 12.8 Å². The summed E-state index contributed by atoms with van der Waals surface area (Å²) >= 11 is 0. The van der Waals surface area contributed by atoms with Gasteiger partial charge in [-0.2, -0.15) is 0 Å². The number of hydrogen-bond acceptors (Lipinski definition) is 3. The van der Waals surface area contributed by atoms with E-state index in [0.717, 1.165) is 13.2 Å². The van der Waals surface area contributed by atoms with E-state index in [0.29, 0.717) is 12.1 Å². The third-order valence-electron chi connectivity index (χ3n) is 1.99. The Morgan fingerprint density at radius 2 is 1.56 bits per heavy atom. The van der Waals surface area contributed by atoms with Crippen molar-refractivity contribution < 1.29 is 4.74 Å². The highest BCUT2D eigenvalue weighted by molar-refractivity contribution is 4.80. The van der Waals surface area contributed by atoms with Crippen LogP contribution in [0.3, 0.4) is 0 Å². The normalized spacial score (nSPS) is 42.7. The van der Waals surface area contributed by atoms with Crippen LogP contribution in [0.5, 0.6) is 0 Å². The number of fused-ring (bicyclic) bond motifs is 4. The zero-order valence-electron chi connectivity index (χ0n) is 5.39. The van der Waals surface area contributed by atoms with Crippen molar-refractivity contribution in [1.29, 1.82) is 0 Å². The van der Waals surface area contributed by atoms with E-state index in [2.05, 4.69) is 10.9 Å². The summed E-state index contributed by atoms with van der Waals surface area (Å²) in [6.07, 6.45) is 2.52. The third-order valence-corrected chi connectivity index (χ3v) is 1.99. The van der Waals surface area contributed by atoms with Crippen LogP contribution in [0.4, 0.5) is 0 Å². The van der Waals surface area contributed by atoms with E-state index in [1.165, 1.54) is 12.8 Å². The van der Waals surface area contributed by atoms with Gasteiger partial charge < -0.3 is 4.74 Å². The molecule has 3 rings (SSSR count). The van der Waals surface area contributed by atoms with Crippen LogP contribution in [0.2, 0.25) is 0 Å². The molecule has 3 nitrogen and oxygen atoms in total. The molecule has 3 fully saturated rings. The van der Waals surface area contributed by atoms with Crippen molar-refractivity contribution in [3.63, 3.8) is 0 Å². The predicted molar refractivity (Wildman–Crippen MR) is 33.9 cm³/mol. The molecule has 2 atom stereocenters. The molecule has 3 aliphatic heterocycles. The lowest BCUT2D eigenvalue weighted by atomic mass is 10.1. The van der Waals surface area contributed by atoms with Gasteiger partial charge >= 0.3 is 0 Å². The van der Waals surface area contributed by atoms with Gasteiger partial charge in [-0.15, -0.1) is 0 Å². The minimum absolute atomic E-state index is 0.559. The summed E-state index contributed by atoms with van der Waals surface area (Å²) in [5, 5.41) is 0. The highest BCUT2D eigenvalue weighted by Gasteiger charge is 2.23. The topological polar surface area (TPSA) is 33.3 Å². The van der Waals surface area contributed by atoms with Gasteiger partial charge in [0.2, 0.25) is 0 Å². The Morgan fingerprint density at radius 3 is 2.00 bits per heavy atom. The Kier molecular flexibility index (Phi) is 1.41. The van der Waals surface area contributed by atoms with Crippen LogP contribution in [0, 0.1) is 0 Å². The number of hydrazine groups is 1. The monoisotopic (exact) mass is 128 g/mol. The summed E-state index contributed by atoms with van der Waals surface area (Å²) in [5.41, 5.74) is 6.41. The Morgan fingerprint density at radius 1 is 1.00 bits per heavy atom. The van der Waals surface area contributed by atoms with Gasteiger partial charge in [-0.1, -0.05) is 0 Å². The maximum absolute atomic E-state index is 5.36. The molecule has 3 aliphatic rings. The van der Waals surface area contributed by atoms with Crippen LogP contribution in [-0.4, -0.2) is 25.3 Å². The van der Waals surface area contributed by atoms with Crippen LogP contribution >= 0.6 is 0 Å². The number of hydrogen-bond donors (Lipinski definition) is 2. The Hall–Kier alpha value is -0.120. The maximum Gasteiger partial charge on any atom is 0.0634 e. The summed E-state index contributed by atoms with van der Waals surface area (Å²) in [6.45, 7) is 1.76.